The number of rotatable bonds is 0. The van der Waals surface area contributed by atoms with Gasteiger partial charge in [0.2, 0.25) is 0 Å². The fourth-order valence-corrected chi connectivity index (χ4v) is 0. The molecule has 0 aliphatic rings. The van der Waals surface area contributed by atoms with Crippen LogP contribution < -0.4 is 0 Å². The van der Waals surface area contributed by atoms with Crippen LogP contribution in [0.1, 0.15) is 0 Å². The monoisotopic (exact) mass is 233 g/mol. The maximum atomic E-state index is 7.26. The van der Waals surface area contributed by atoms with E-state index < -0.39 is 0 Å². The first-order valence-electron chi connectivity index (χ1n) is 0.428. The molecule has 0 bridgehead atoms. The van der Waals surface area contributed by atoms with Gasteiger partial charge in [0.15, 0.2) is 0 Å². The zero-order valence-electron chi connectivity index (χ0n) is 1.73. The molecule has 0 atom stereocenters. The molecule has 3 heteroatoms. The molecular weight excluding hydrogens is 232 g/mol. The summed E-state index contributed by atoms with van der Waals surface area (Å²) in [4.78, 5) is 1.62. The van der Waals surface area contributed by atoms with Crippen LogP contribution in [0.4, 0.5) is 0 Å². The van der Waals surface area contributed by atoms with Crippen LogP contribution in [-0.2, 0) is 0 Å². The van der Waals surface area contributed by atoms with Gasteiger partial charge in [-0.05, 0) is 0 Å². The molecule has 0 amide bonds. The third-order valence-corrected chi connectivity index (χ3v) is 0. The number of halogens is 1. The molecule has 23 valence electrons. The molecule has 0 aliphatic carbocycles. The van der Waals surface area contributed by atoms with Gasteiger partial charge in [0.25, 0.3) is 0 Å². The maximum Gasteiger partial charge on any atom is 0 e. The molecule has 0 aromatic rings. The molecule has 0 spiro atoms. The largest absolute Gasteiger partial charge is 0 e. The molecule has 1 radical (unpaired) electrons. The predicted molar refractivity (Wildman–Crippen MR) is 25.4 cm³/mol. The van der Waals surface area contributed by atoms with Crippen molar-refractivity contribution in [3.05, 3.63) is 0 Å². The van der Waals surface area contributed by atoms with Gasteiger partial charge >= 0.3 is 26.2 Å². The molecule has 0 aliphatic heterocycles. The molecule has 0 N–H and O–H groups in total. The molecular formula is CINSe-. The third-order valence-electron chi connectivity index (χ3n) is 0. The number of nitriles is 1. The Morgan fingerprint density at radius 2 is 1.75 bits per heavy atom. The summed E-state index contributed by atoms with van der Waals surface area (Å²) in [6.45, 7) is 0. The van der Waals surface area contributed by atoms with Gasteiger partial charge in [-0.1, -0.05) is 0 Å². The first-order valence-corrected chi connectivity index (χ1v) is 1.28. The van der Waals surface area contributed by atoms with Crippen molar-refractivity contribution < 1.29 is 0 Å². The summed E-state index contributed by atoms with van der Waals surface area (Å²) < 4.78 is 0. The Kier molecular flexibility index (Phi) is 20.5. The van der Waals surface area contributed by atoms with Gasteiger partial charge in [-0.25, -0.2) is 0 Å². The quantitative estimate of drug-likeness (QED) is 0.441. The van der Waals surface area contributed by atoms with E-state index in [1.807, 2.05) is 0 Å². The summed E-state index contributed by atoms with van der Waals surface area (Å²) in [6.07, 6.45) is 0. The van der Waals surface area contributed by atoms with Crippen molar-refractivity contribution in [2.75, 3.05) is 0 Å². The van der Waals surface area contributed by atoms with Crippen LogP contribution in [-0.4, -0.2) is 16.0 Å². The fraction of sp³-hybridized carbons (Fsp3) is 0. The van der Waals surface area contributed by atoms with Crippen molar-refractivity contribution in [2.24, 2.45) is 0 Å². The van der Waals surface area contributed by atoms with Gasteiger partial charge in [-0.3, -0.25) is 0 Å². The van der Waals surface area contributed by atoms with Crippen molar-refractivity contribution >= 4 is 40.0 Å². The van der Waals surface area contributed by atoms with E-state index >= 15 is 0 Å². The van der Waals surface area contributed by atoms with E-state index in [0.29, 0.717) is 0 Å². The molecule has 4 heavy (non-hydrogen) atoms. The first-order chi connectivity index (χ1) is 1.41. The van der Waals surface area contributed by atoms with Crippen molar-refractivity contribution in [2.45, 2.75) is 0 Å². The summed E-state index contributed by atoms with van der Waals surface area (Å²) in [5.41, 5.74) is 0. The first kappa shape index (κ1) is 8.83. The van der Waals surface area contributed by atoms with Crippen LogP contribution in [0.15, 0.2) is 0 Å². The van der Waals surface area contributed by atoms with E-state index in [9.17, 15) is 0 Å². The van der Waals surface area contributed by atoms with Crippen molar-refractivity contribution in [3.63, 3.8) is 0 Å². The molecule has 0 saturated heterocycles. The van der Waals surface area contributed by atoms with Crippen molar-refractivity contribution in [1.29, 1.82) is 5.26 Å². The van der Waals surface area contributed by atoms with E-state index in [4.69, 9.17) is 5.26 Å². The summed E-state index contributed by atoms with van der Waals surface area (Å²) >= 11 is 2.11. The second kappa shape index (κ2) is 9.27. The van der Waals surface area contributed by atoms with Gasteiger partial charge in [-0.2, -0.15) is 0 Å². The van der Waals surface area contributed by atoms with Crippen LogP contribution in [0.3, 0.4) is 0 Å². The second-order valence-electron chi connectivity index (χ2n) is 0.0913. The Hall–Kier alpha value is 0.739. The molecule has 0 heterocycles. The van der Waals surface area contributed by atoms with E-state index in [2.05, 4.69) is 16.0 Å². The molecule has 0 unspecified atom stereocenters. The minimum absolute atomic E-state index is 0. The van der Waals surface area contributed by atoms with Crippen LogP contribution >= 0.6 is 24.0 Å². The Balaban J connectivity index is 0. The van der Waals surface area contributed by atoms with Crippen molar-refractivity contribution in [3.8, 4) is 4.97 Å². The maximum absolute atomic E-state index is 7.26. The molecule has 0 aromatic carbocycles. The number of hydrogen-bond acceptors (Lipinski definition) is 1. The topological polar surface area (TPSA) is 23.8 Å². The zero-order chi connectivity index (χ0) is 2.71. The van der Waals surface area contributed by atoms with Gasteiger partial charge in [0.05, 0.1) is 0 Å². The second-order valence-corrected chi connectivity index (χ2v) is 0.474. The van der Waals surface area contributed by atoms with E-state index in [0.717, 1.165) is 0 Å². The normalized spacial score (nSPS) is 1.75. The van der Waals surface area contributed by atoms with Crippen LogP contribution in [0.25, 0.3) is 0 Å². The Labute approximate surface area is 50.2 Å². The Morgan fingerprint density at radius 1 is 1.75 bits per heavy atom. The molecule has 1 nitrogen and oxygen atoms in total. The number of hydrogen-bond donors (Lipinski definition) is 0. The van der Waals surface area contributed by atoms with E-state index in [1.54, 1.807) is 4.97 Å². The standard InChI is InChI=1S/CHNSe.I/c2-1-3;/h3H;/p-1. The van der Waals surface area contributed by atoms with Gasteiger partial charge in [0.1, 0.15) is 0 Å². The van der Waals surface area contributed by atoms with E-state index in [-0.39, 0.29) is 24.0 Å². The average molecular weight is 232 g/mol. The van der Waals surface area contributed by atoms with Crippen LogP contribution in [0, 0.1) is 10.2 Å². The smallest absolute Gasteiger partial charge is 0 e. The van der Waals surface area contributed by atoms with Gasteiger partial charge in [0, 0.05) is 24.0 Å². The average Bonchev–Trinajstić information content (AvgIpc) is 0.918. The summed E-state index contributed by atoms with van der Waals surface area (Å²) in [5, 5.41) is 7.26. The fourth-order valence-electron chi connectivity index (χ4n) is 0. The minimum Gasteiger partial charge on any atom is 0 e. The van der Waals surface area contributed by atoms with Crippen LogP contribution in [0.2, 0.25) is 0 Å². The van der Waals surface area contributed by atoms with Crippen molar-refractivity contribution in [1.82, 2.24) is 0 Å². The Morgan fingerprint density at radius 3 is 1.75 bits per heavy atom. The summed E-state index contributed by atoms with van der Waals surface area (Å²) in [6, 6.07) is 0. The zero-order valence-corrected chi connectivity index (χ0v) is 5.60. The predicted octanol–water partition coefficient (Wildman–Crippen LogP) is 0.522. The minimum atomic E-state index is 0. The summed E-state index contributed by atoms with van der Waals surface area (Å²) in [5.74, 6) is 0. The van der Waals surface area contributed by atoms with Crippen LogP contribution in [0.5, 0.6) is 0 Å². The SMILES string of the molecule is N#C[Se-].[I]. The third kappa shape index (κ3) is 15.2. The molecule has 0 aromatic heterocycles. The molecule has 0 saturated carbocycles. The van der Waals surface area contributed by atoms with Gasteiger partial charge in [-0.15, -0.1) is 0 Å². The molecule has 0 rings (SSSR count). The van der Waals surface area contributed by atoms with Gasteiger partial charge < -0.3 is 0 Å². The molecule has 0 fully saturated rings. The Bertz CT molecular complexity index is 29.5. The number of nitrogens with zero attached hydrogens (tertiary/aromatic N) is 1. The van der Waals surface area contributed by atoms with E-state index in [1.165, 1.54) is 0 Å². The summed E-state index contributed by atoms with van der Waals surface area (Å²) in [7, 11) is 0.